The molecule has 1 spiro atoms. The molecule has 2 aromatic carbocycles. The Kier molecular flexibility index (Phi) is 12.7. The van der Waals surface area contributed by atoms with Crippen LogP contribution in [0.25, 0.3) is 22.4 Å². The number of H-pyrrole nitrogens is 2. The van der Waals surface area contributed by atoms with Gasteiger partial charge in [-0.05, 0) is 108 Å². The monoisotopic (exact) mass is 856 g/mol. The van der Waals surface area contributed by atoms with Crippen molar-refractivity contribution in [1.29, 1.82) is 0 Å². The number of carbonyl (C=O) groups is 4. The molecule has 2 aliphatic heterocycles. The lowest BCUT2D eigenvalue weighted by atomic mass is 9.79. The summed E-state index contributed by atoms with van der Waals surface area (Å²) in [5.74, 6) is 7.87. The van der Waals surface area contributed by atoms with E-state index in [1.54, 1.807) is 6.20 Å². The molecule has 8 rings (SSSR count). The minimum atomic E-state index is -0.700. The van der Waals surface area contributed by atoms with E-state index in [9.17, 15) is 19.2 Å². The van der Waals surface area contributed by atoms with Gasteiger partial charge in [0.25, 0.3) is 0 Å². The fourth-order valence-corrected chi connectivity index (χ4v) is 10.3. The van der Waals surface area contributed by atoms with Crippen LogP contribution in [0.3, 0.4) is 0 Å². The van der Waals surface area contributed by atoms with E-state index >= 15 is 0 Å². The summed E-state index contributed by atoms with van der Waals surface area (Å²) < 4.78 is 9.59. The number of hydrogen-bond donors (Lipinski definition) is 4. The number of benzene rings is 2. The minimum Gasteiger partial charge on any atom is -0.453 e. The number of aromatic nitrogens is 4. The molecule has 14 heteroatoms. The maximum Gasteiger partial charge on any atom is 0.407 e. The predicted molar refractivity (Wildman–Crippen MR) is 238 cm³/mol. The molecule has 63 heavy (non-hydrogen) atoms. The van der Waals surface area contributed by atoms with E-state index in [0.717, 1.165) is 72.3 Å². The van der Waals surface area contributed by atoms with Crippen molar-refractivity contribution in [3.63, 3.8) is 0 Å². The molecular formula is C49H60N8O6. The average molecular weight is 857 g/mol. The van der Waals surface area contributed by atoms with E-state index in [4.69, 9.17) is 19.4 Å². The molecule has 332 valence electrons. The van der Waals surface area contributed by atoms with Crippen LogP contribution in [0, 0.1) is 23.7 Å². The van der Waals surface area contributed by atoms with Crippen LogP contribution < -0.4 is 10.6 Å². The molecule has 0 bridgehead atoms. The molecule has 4 aliphatic rings. The highest BCUT2D eigenvalue weighted by atomic mass is 16.5. The molecule has 4 heterocycles. The van der Waals surface area contributed by atoms with Gasteiger partial charge in [0.15, 0.2) is 0 Å². The van der Waals surface area contributed by atoms with Gasteiger partial charge in [0.1, 0.15) is 29.4 Å². The van der Waals surface area contributed by atoms with Crippen molar-refractivity contribution in [2.24, 2.45) is 11.8 Å². The Morgan fingerprint density at radius 3 is 1.84 bits per heavy atom. The summed E-state index contributed by atoms with van der Waals surface area (Å²) in [5, 5.41) is 5.44. The van der Waals surface area contributed by atoms with Gasteiger partial charge < -0.3 is 39.9 Å². The Morgan fingerprint density at radius 1 is 0.714 bits per heavy atom. The number of carbonyl (C=O) groups excluding carboxylic acids is 4. The number of likely N-dealkylation sites (tertiary alicyclic amines) is 2. The third-order valence-corrected chi connectivity index (χ3v) is 13.8. The standard InChI is InChI=1S/C49H60N8O6/c1-29(2)41(54-47(60)62-5)45(58)56-23-9-11-39(56)43-50-27-35(52-43)18-17-33-25-34(26-37-36(33)19-22-49(37)20-7-8-21-49)31-13-15-32(16-14-31)38-28-51-44(53-38)40-12-10-24-57(40)46(59)42(30(3)4)55-48(61)63-6/h13-16,25-30,39-42H,7-12,19-24H2,1-6H3,(H,50,52)(H,51,53)(H,54,60)(H,55,61)/t39-,40-,41-,42-/m0/s1. The van der Waals surface area contributed by atoms with E-state index in [1.165, 1.54) is 51.0 Å². The highest BCUT2D eigenvalue weighted by Crippen LogP contribution is 2.52. The summed E-state index contributed by atoms with van der Waals surface area (Å²) in [6, 6.07) is 11.3. The van der Waals surface area contributed by atoms with Gasteiger partial charge in [-0.1, -0.05) is 76.8 Å². The fraction of sp³-hybridized carbons (Fsp3) is 0.510. The van der Waals surface area contributed by atoms with Crippen LogP contribution in [0.1, 0.15) is 132 Å². The second-order valence-corrected chi connectivity index (χ2v) is 18.3. The van der Waals surface area contributed by atoms with Crippen LogP contribution in [0.5, 0.6) is 0 Å². The van der Waals surface area contributed by atoms with Crippen LogP contribution in [-0.2, 0) is 30.9 Å². The van der Waals surface area contributed by atoms with Crippen molar-refractivity contribution in [3.05, 3.63) is 82.8 Å². The van der Waals surface area contributed by atoms with Gasteiger partial charge in [0, 0.05) is 18.7 Å². The van der Waals surface area contributed by atoms with Gasteiger partial charge in [-0.2, -0.15) is 0 Å². The first kappa shape index (κ1) is 43.5. The number of methoxy groups -OCH3 is 2. The van der Waals surface area contributed by atoms with Crippen molar-refractivity contribution in [3.8, 4) is 34.2 Å². The maximum absolute atomic E-state index is 13.7. The van der Waals surface area contributed by atoms with Crippen molar-refractivity contribution >= 4 is 24.0 Å². The highest BCUT2D eigenvalue weighted by Gasteiger charge is 2.42. The molecular weight excluding hydrogens is 797 g/mol. The molecule has 14 nitrogen and oxygen atoms in total. The quantitative estimate of drug-likeness (QED) is 0.117. The second kappa shape index (κ2) is 18.3. The van der Waals surface area contributed by atoms with Gasteiger partial charge in [-0.15, -0.1) is 0 Å². The molecule has 4 amide bonds. The third-order valence-electron chi connectivity index (χ3n) is 13.8. The van der Waals surface area contributed by atoms with E-state index in [2.05, 4.69) is 68.8 Å². The Hall–Kier alpha value is -6.10. The normalized spacial score (nSPS) is 19.8. The van der Waals surface area contributed by atoms with Crippen molar-refractivity contribution in [2.75, 3.05) is 27.3 Å². The van der Waals surface area contributed by atoms with Gasteiger partial charge in [-0.3, -0.25) is 9.59 Å². The summed E-state index contributed by atoms with van der Waals surface area (Å²) in [4.78, 5) is 71.5. The topological polar surface area (TPSA) is 175 Å². The number of ether oxygens (including phenoxy) is 2. The Labute approximate surface area is 369 Å². The molecule has 4 atom stereocenters. The van der Waals surface area contributed by atoms with E-state index < -0.39 is 24.3 Å². The Bertz CT molecular complexity index is 2400. The highest BCUT2D eigenvalue weighted by molar-refractivity contribution is 5.87. The molecule has 2 saturated heterocycles. The number of imidazole rings is 2. The van der Waals surface area contributed by atoms with E-state index in [1.807, 2.05) is 43.7 Å². The van der Waals surface area contributed by atoms with E-state index in [-0.39, 0.29) is 41.1 Å². The van der Waals surface area contributed by atoms with Gasteiger partial charge >= 0.3 is 12.2 Å². The predicted octanol–water partition coefficient (Wildman–Crippen LogP) is 7.71. The Morgan fingerprint density at radius 2 is 1.27 bits per heavy atom. The van der Waals surface area contributed by atoms with Crippen LogP contribution in [0.15, 0.2) is 48.8 Å². The zero-order valence-corrected chi connectivity index (χ0v) is 37.3. The number of rotatable bonds is 10. The lowest BCUT2D eigenvalue weighted by Crippen LogP contribution is -2.51. The van der Waals surface area contributed by atoms with Crippen LogP contribution in [0.2, 0.25) is 0 Å². The molecule has 4 N–H and O–H groups in total. The van der Waals surface area contributed by atoms with Crippen LogP contribution in [-0.4, -0.2) is 93.1 Å². The number of nitrogens with zero attached hydrogens (tertiary/aromatic N) is 4. The zero-order chi connectivity index (χ0) is 44.4. The summed E-state index contributed by atoms with van der Waals surface area (Å²) in [5.41, 5.74) is 8.81. The summed E-state index contributed by atoms with van der Waals surface area (Å²) >= 11 is 0. The zero-order valence-electron chi connectivity index (χ0n) is 37.3. The first-order chi connectivity index (χ1) is 30.4. The summed E-state index contributed by atoms with van der Waals surface area (Å²) in [6.07, 6.45) is 12.6. The van der Waals surface area contributed by atoms with Crippen molar-refractivity contribution in [2.45, 2.75) is 121 Å². The van der Waals surface area contributed by atoms with Crippen LogP contribution >= 0.6 is 0 Å². The van der Waals surface area contributed by atoms with E-state index in [0.29, 0.717) is 24.6 Å². The summed E-state index contributed by atoms with van der Waals surface area (Å²) in [6.45, 7) is 8.82. The molecule has 1 saturated carbocycles. The average Bonchev–Trinajstić information content (AvgIpc) is 4.15. The third kappa shape index (κ3) is 8.79. The molecule has 0 unspecified atom stereocenters. The minimum absolute atomic E-state index is 0.109. The Balaban J connectivity index is 1.03. The molecule has 2 aliphatic carbocycles. The lowest BCUT2D eigenvalue weighted by Gasteiger charge is -2.30. The summed E-state index contributed by atoms with van der Waals surface area (Å²) in [7, 11) is 2.59. The van der Waals surface area contributed by atoms with Gasteiger partial charge in [0.05, 0.1) is 44.4 Å². The molecule has 4 aromatic rings. The smallest absolute Gasteiger partial charge is 0.407 e. The number of alkyl carbamates (subject to hydrolysis) is 2. The van der Waals surface area contributed by atoms with Gasteiger partial charge in [-0.25, -0.2) is 19.6 Å². The lowest BCUT2D eigenvalue weighted by molar-refractivity contribution is -0.136. The second-order valence-electron chi connectivity index (χ2n) is 18.3. The number of fused-ring (bicyclic) bond motifs is 2. The first-order valence-corrected chi connectivity index (χ1v) is 22.6. The number of aromatic amines is 2. The van der Waals surface area contributed by atoms with Gasteiger partial charge in [0.2, 0.25) is 11.8 Å². The first-order valence-electron chi connectivity index (χ1n) is 22.6. The number of hydrogen-bond acceptors (Lipinski definition) is 8. The molecule has 3 fully saturated rings. The number of amides is 4. The largest absolute Gasteiger partial charge is 0.453 e. The molecule has 2 aromatic heterocycles. The number of nitrogens with one attached hydrogen (secondary N) is 4. The SMILES string of the molecule is COC(=O)N[C@H](C(=O)N1CCC[C@H]1c1ncc(C#Cc2cc(-c3ccc(-c4cnc([C@@H]5CCCN5C(=O)[C@@H](NC(=O)OC)C(C)C)[nH]4)cc3)cc3c2CCC32CCCC2)[nH]1)C(C)C. The van der Waals surface area contributed by atoms with Crippen molar-refractivity contribution < 1.29 is 28.7 Å². The molecule has 0 radical (unpaired) electrons. The fourth-order valence-electron chi connectivity index (χ4n) is 10.3. The maximum atomic E-state index is 13.7. The van der Waals surface area contributed by atoms with Crippen LogP contribution in [0.4, 0.5) is 9.59 Å². The van der Waals surface area contributed by atoms with Crippen molar-refractivity contribution in [1.82, 2.24) is 40.4 Å².